The van der Waals surface area contributed by atoms with Crippen molar-refractivity contribution in [1.82, 2.24) is 0 Å². The van der Waals surface area contributed by atoms with Crippen LogP contribution >= 0.6 is 0 Å². The van der Waals surface area contributed by atoms with Gasteiger partial charge in [0.1, 0.15) is 0 Å². The van der Waals surface area contributed by atoms with Gasteiger partial charge in [-0.05, 0) is 36.5 Å². The smallest absolute Gasteiger partial charge is 0.331 e. The fourth-order valence-electron chi connectivity index (χ4n) is 2.06. The molecular formula is C13H18O3. The van der Waals surface area contributed by atoms with Crippen LogP contribution in [0, 0.1) is 0 Å². The van der Waals surface area contributed by atoms with Crippen molar-refractivity contribution in [2.45, 2.75) is 40.0 Å². The van der Waals surface area contributed by atoms with E-state index in [2.05, 4.69) is 0 Å². The molecule has 0 bridgehead atoms. The van der Waals surface area contributed by atoms with Crippen molar-refractivity contribution in [3.05, 3.63) is 22.8 Å². The summed E-state index contributed by atoms with van der Waals surface area (Å²) < 4.78 is 4.85. The second kappa shape index (κ2) is 5.64. The highest BCUT2D eigenvalue weighted by atomic mass is 16.5. The first-order valence-electron chi connectivity index (χ1n) is 5.76. The Kier molecular flexibility index (Phi) is 4.47. The van der Waals surface area contributed by atoms with Gasteiger partial charge >= 0.3 is 5.97 Å². The number of carbonyl (C=O) groups excluding carboxylic acids is 2. The van der Waals surface area contributed by atoms with Gasteiger partial charge in [0.15, 0.2) is 5.78 Å². The molecule has 0 aromatic carbocycles. The summed E-state index contributed by atoms with van der Waals surface area (Å²) in [6, 6.07) is 0. The van der Waals surface area contributed by atoms with Crippen LogP contribution in [0.1, 0.15) is 40.0 Å². The second-order valence-corrected chi connectivity index (χ2v) is 3.69. The maximum atomic E-state index is 11.7. The van der Waals surface area contributed by atoms with E-state index in [-0.39, 0.29) is 11.8 Å². The Morgan fingerprint density at radius 3 is 2.38 bits per heavy atom. The lowest BCUT2D eigenvalue weighted by Crippen LogP contribution is -2.01. The molecule has 88 valence electrons. The summed E-state index contributed by atoms with van der Waals surface area (Å²) in [5.74, 6) is -0.205. The normalized spacial score (nSPS) is 18.4. The quantitative estimate of drug-likeness (QED) is 0.542. The first-order chi connectivity index (χ1) is 7.63. The van der Waals surface area contributed by atoms with Gasteiger partial charge in [-0.3, -0.25) is 4.79 Å². The van der Waals surface area contributed by atoms with Crippen LogP contribution < -0.4 is 0 Å². The summed E-state index contributed by atoms with van der Waals surface area (Å²) in [4.78, 5) is 23.0. The molecular weight excluding hydrogens is 204 g/mol. The van der Waals surface area contributed by atoms with Crippen LogP contribution in [0.2, 0.25) is 0 Å². The highest BCUT2D eigenvalue weighted by Crippen LogP contribution is 2.32. The van der Waals surface area contributed by atoms with Gasteiger partial charge in [0.25, 0.3) is 0 Å². The van der Waals surface area contributed by atoms with E-state index in [1.54, 1.807) is 6.92 Å². The Morgan fingerprint density at radius 2 is 1.88 bits per heavy atom. The Hall–Kier alpha value is -1.38. The van der Waals surface area contributed by atoms with Gasteiger partial charge in [0, 0.05) is 12.5 Å². The maximum absolute atomic E-state index is 11.7. The van der Waals surface area contributed by atoms with E-state index in [1.807, 2.05) is 13.8 Å². The Bertz CT molecular complexity index is 361. The minimum absolute atomic E-state index is 0.148. The second-order valence-electron chi connectivity index (χ2n) is 3.69. The van der Waals surface area contributed by atoms with Gasteiger partial charge in [-0.15, -0.1) is 0 Å². The molecule has 0 aromatic rings. The molecule has 3 heteroatoms. The minimum atomic E-state index is -0.353. The Balaban J connectivity index is 2.96. The van der Waals surface area contributed by atoms with Gasteiger partial charge in [-0.2, -0.15) is 0 Å². The van der Waals surface area contributed by atoms with Crippen molar-refractivity contribution in [2.24, 2.45) is 0 Å². The molecule has 0 saturated heterocycles. The summed E-state index contributed by atoms with van der Waals surface area (Å²) in [6.45, 7) is 6.10. The van der Waals surface area contributed by atoms with Crippen molar-refractivity contribution in [3.8, 4) is 0 Å². The van der Waals surface area contributed by atoms with E-state index in [4.69, 9.17) is 4.74 Å². The highest BCUT2D eigenvalue weighted by molar-refractivity contribution is 6.04. The van der Waals surface area contributed by atoms with Gasteiger partial charge in [-0.25, -0.2) is 4.79 Å². The van der Waals surface area contributed by atoms with E-state index < -0.39 is 0 Å². The summed E-state index contributed by atoms with van der Waals surface area (Å²) in [7, 11) is 0. The minimum Gasteiger partial charge on any atom is -0.463 e. The third-order valence-corrected chi connectivity index (χ3v) is 2.73. The summed E-state index contributed by atoms with van der Waals surface area (Å²) in [6.07, 6.45) is 3.34. The molecule has 0 radical (unpaired) electrons. The molecule has 0 saturated carbocycles. The van der Waals surface area contributed by atoms with Gasteiger partial charge in [0.05, 0.1) is 6.61 Å². The molecule has 3 nitrogen and oxygen atoms in total. The van der Waals surface area contributed by atoms with E-state index in [9.17, 15) is 9.59 Å². The highest BCUT2D eigenvalue weighted by Gasteiger charge is 2.25. The number of hydrogen-bond donors (Lipinski definition) is 0. The van der Waals surface area contributed by atoms with E-state index in [1.165, 1.54) is 6.08 Å². The van der Waals surface area contributed by atoms with Crippen LogP contribution in [0.5, 0.6) is 0 Å². The molecule has 16 heavy (non-hydrogen) atoms. The van der Waals surface area contributed by atoms with Crippen molar-refractivity contribution in [2.75, 3.05) is 6.61 Å². The standard InChI is InChI=1S/C13H18O3/c1-4-10-9(8-13(15)16-6-3)7-12(14)11(10)5-2/h8H,4-7H2,1-3H3/b9-8+. The van der Waals surface area contributed by atoms with E-state index >= 15 is 0 Å². The molecule has 0 unspecified atom stereocenters. The van der Waals surface area contributed by atoms with Gasteiger partial charge in [-0.1, -0.05) is 13.8 Å². The topological polar surface area (TPSA) is 43.4 Å². The third kappa shape index (κ3) is 2.60. The average Bonchev–Trinajstić information content (AvgIpc) is 2.53. The number of carbonyl (C=O) groups is 2. The van der Waals surface area contributed by atoms with Gasteiger partial charge < -0.3 is 4.74 Å². The zero-order valence-corrected chi connectivity index (χ0v) is 10.1. The molecule has 0 aromatic heterocycles. The molecule has 1 aliphatic carbocycles. The zero-order valence-electron chi connectivity index (χ0n) is 10.1. The number of hydrogen-bond acceptors (Lipinski definition) is 3. The lowest BCUT2D eigenvalue weighted by Gasteiger charge is -2.03. The molecule has 0 atom stereocenters. The molecule has 0 spiro atoms. The Labute approximate surface area is 96.2 Å². The van der Waals surface area contributed by atoms with Crippen LogP contribution in [0.3, 0.4) is 0 Å². The predicted molar refractivity (Wildman–Crippen MR) is 61.9 cm³/mol. The summed E-state index contributed by atoms with van der Waals surface area (Å²) in [5.41, 5.74) is 2.74. The first kappa shape index (κ1) is 12.7. The maximum Gasteiger partial charge on any atom is 0.331 e. The fraction of sp³-hybridized carbons (Fsp3) is 0.538. The first-order valence-corrected chi connectivity index (χ1v) is 5.76. The summed E-state index contributed by atoms with van der Waals surface area (Å²) in [5, 5.41) is 0. The van der Waals surface area contributed by atoms with Crippen LogP contribution in [-0.4, -0.2) is 18.4 Å². The van der Waals surface area contributed by atoms with Crippen LogP contribution in [0.15, 0.2) is 22.8 Å². The van der Waals surface area contributed by atoms with Crippen molar-refractivity contribution in [3.63, 3.8) is 0 Å². The number of ketones is 1. The summed E-state index contributed by atoms with van der Waals surface area (Å²) >= 11 is 0. The molecule has 0 aliphatic heterocycles. The predicted octanol–water partition coefficient (Wildman–Crippen LogP) is 2.57. The SMILES string of the molecule is CCOC(=O)/C=C1\CC(=O)C(CC)=C1CC. The van der Waals surface area contributed by atoms with Crippen LogP contribution in [-0.2, 0) is 14.3 Å². The molecule has 0 heterocycles. The Morgan fingerprint density at radius 1 is 1.25 bits per heavy atom. The molecule has 0 N–H and O–H groups in total. The average molecular weight is 222 g/mol. The number of esters is 1. The van der Waals surface area contributed by atoms with Crippen molar-refractivity contribution >= 4 is 11.8 Å². The largest absolute Gasteiger partial charge is 0.463 e. The lowest BCUT2D eigenvalue weighted by atomic mass is 10.0. The monoisotopic (exact) mass is 222 g/mol. The van der Waals surface area contributed by atoms with E-state index in [0.29, 0.717) is 13.0 Å². The number of rotatable bonds is 4. The molecule has 0 amide bonds. The van der Waals surface area contributed by atoms with Crippen LogP contribution in [0.4, 0.5) is 0 Å². The number of allylic oxidation sites excluding steroid dienone is 3. The lowest BCUT2D eigenvalue weighted by molar-refractivity contribution is -0.137. The van der Waals surface area contributed by atoms with Crippen molar-refractivity contribution < 1.29 is 14.3 Å². The molecule has 1 rings (SSSR count). The van der Waals surface area contributed by atoms with E-state index in [0.717, 1.165) is 29.6 Å². The number of Topliss-reactive ketones (excluding diaryl/α,β-unsaturated/α-hetero) is 1. The van der Waals surface area contributed by atoms with Gasteiger partial charge in [0.2, 0.25) is 0 Å². The third-order valence-electron chi connectivity index (χ3n) is 2.73. The molecule has 0 fully saturated rings. The fourth-order valence-corrected chi connectivity index (χ4v) is 2.06. The molecule has 1 aliphatic rings. The van der Waals surface area contributed by atoms with Crippen molar-refractivity contribution in [1.29, 1.82) is 0 Å². The number of ether oxygens (including phenoxy) is 1. The zero-order chi connectivity index (χ0) is 12.1. The van der Waals surface area contributed by atoms with Crippen LogP contribution in [0.25, 0.3) is 0 Å².